The molecule has 0 radical (unpaired) electrons. The second-order valence-electron chi connectivity index (χ2n) is 5.39. The van der Waals surface area contributed by atoms with Crippen LogP contribution in [0.2, 0.25) is 0 Å². The first-order chi connectivity index (χ1) is 12.6. The van der Waals surface area contributed by atoms with Crippen molar-refractivity contribution in [2.75, 3.05) is 0 Å². The second-order valence-corrected chi connectivity index (χ2v) is 5.39. The zero-order valence-corrected chi connectivity index (χ0v) is 13.7. The van der Waals surface area contributed by atoms with E-state index >= 15 is 0 Å². The molecule has 1 amide bonds. The Morgan fingerprint density at radius 1 is 0.962 bits per heavy atom. The number of ether oxygens (including phenoxy) is 1. The highest BCUT2D eigenvalue weighted by atomic mass is 16.5. The molecule has 3 aromatic rings. The molecule has 3 rings (SSSR count). The maximum atomic E-state index is 11.9. The van der Waals surface area contributed by atoms with Crippen LogP contribution < -0.4 is 10.2 Å². The fourth-order valence-electron chi connectivity index (χ4n) is 2.16. The van der Waals surface area contributed by atoms with E-state index in [0.717, 1.165) is 0 Å². The van der Waals surface area contributed by atoms with Gasteiger partial charge in [-0.15, -0.1) is 0 Å². The maximum absolute atomic E-state index is 11.9. The molecule has 0 unspecified atom stereocenters. The van der Waals surface area contributed by atoms with Crippen LogP contribution in [0.15, 0.2) is 77.9 Å². The number of benzene rings is 3. The normalized spacial score (nSPS) is 10.6. The van der Waals surface area contributed by atoms with E-state index in [4.69, 9.17) is 4.74 Å². The van der Waals surface area contributed by atoms with Gasteiger partial charge in [0, 0.05) is 5.56 Å². The second kappa shape index (κ2) is 7.85. The van der Waals surface area contributed by atoms with Gasteiger partial charge < -0.3 is 14.9 Å². The number of carbonyl (C=O) groups excluding carboxylic acids is 1. The Morgan fingerprint density at radius 3 is 2.38 bits per heavy atom. The van der Waals surface area contributed by atoms with Gasteiger partial charge in [0.15, 0.2) is 11.5 Å². The van der Waals surface area contributed by atoms with Crippen LogP contribution in [0, 0.1) is 0 Å². The highest BCUT2D eigenvalue weighted by Crippen LogP contribution is 2.30. The van der Waals surface area contributed by atoms with Crippen LogP contribution in [0.5, 0.6) is 23.0 Å². The molecule has 0 spiro atoms. The Bertz CT molecular complexity index is 922. The minimum atomic E-state index is -0.408. The predicted octanol–water partition coefficient (Wildman–Crippen LogP) is 3.65. The number of amides is 1. The summed E-state index contributed by atoms with van der Waals surface area (Å²) in [5, 5.41) is 23.1. The summed E-state index contributed by atoms with van der Waals surface area (Å²) in [4.78, 5) is 11.9. The van der Waals surface area contributed by atoms with E-state index < -0.39 is 5.91 Å². The van der Waals surface area contributed by atoms with Crippen molar-refractivity contribution in [2.24, 2.45) is 5.10 Å². The van der Waals surface area contributed by atoms with Crippen LogP contribution in [0.3, 0.4) is 0 Å². The highest BCUT2D eigenvalue weighted by Gasteiger charge is 2.05. The van der Waals surface area contributed by atoms with E-state index in [0.29, 0.717) is 22.6 Å². The van der Waals surface area contributed by atoms with Crippen LogP contribution in [0.1, 0.15) is 15.9 Å². The van der Waals surface area contributed by atoms with Crippen molar-refractivity contribution in [3.8, 4) is 23.0 Å². The number of aromatic hydroxyl groups is 2. The summed E-state index contributed by atoms with van der Waals surface area (Å²) in [5.74, 6) is 0.572. The first-order valence-electron chi connectivity index (χ1n) is 7.80. The number of carbonyl (C=O) groups is 1. The molecule has 0 atom stereocenters. The van der Waals surface area contributed by atoms with Gasteiger partial charge in [-0.2, -0.15) is 5.10 Å². The summed E-state index contributed by atoms with van der Waals surface area (Å²) in [6, 6.07) is 19.7. The van der Waals surface area contributed by atoms with Crippen LogP contribution in [-0.2, 0) is 0 Å². The lowest BCUT2D eigenvalue weighted by atomic mass is 10.2. The Balaban J connectivity index is 1.63. The minimum absolute atomic E-state index is 0.0392. The number of hydrogen-bond acceptors (Lipinski definition) is 5. The van der Waals surface area contributed by atoms with Crippen molar-refractivity contribution in [1.82, 2.24) is 5.43 Å². The number of phenolic OH excluding ortho intramolecular Hbond substituents is 2. The summed E-state index contributed by atoms with van der Waals surface area (Å²) < 4.78 is 5.59. The van der Waals surface area contributed by atoms with E-state index in [2.05, 4.69) is 10.5 Å². The predicted molar refractivity (Wildman–Crippen MR) is 97.8 cm³/mol. The van der Waals surface area contributed by atoms with Crippen LogP contribution in [0.25, 0.3) is 0 Å². The van der Waals surface area contributed by atoms with Gasteiger partial charge in [-0.05, 0) is 60.2 Å². The molecule has 0 aromatic heterocycles. The van der Waals surface area contributed by atoms with Crippen molar-refractivity contribution in [3.05, 3.63) is 83.9 Å². The van der Waals surface area contributed by atoms with Crippen molar-refractivity contribution in [2.45, 2.75) is 0 Å². The molecular weight excluding hydrogens is 332 g/mol. The van der Waals surface area contributed by atoms with Crippen LogP contribution in [-0.4, -0.2) is 22.3 Å². The molecule has 6 nitrogen and oxygen atoms in total. The lowest BCUT2D eigenvalue weighted by molar-refractivity contribution is 0.0955. The summed E-state index contributed by atoms with van der Waals surface area (Å²) in [5.41, 5.74) is 3.34. The summed E-state index contributed by atoms with van der Waals surface area (Å²) in [6.07, 6.45) is 1.41. The molecule has 130 valence electrons. The van der Waals surface area contributed by atoms with Gasteiger partial charge >= 0.3 is 0 Å². The number of para-hydroxylation sites is 1. The number of hydrogen-bond donors (Lipinski definition) is 3. The molecular formula is C20H16N2O4. The third kappa shape index (κ3) is 4.39. The van der Waals surface area contributed by atoms with Crippen LogP contribution in [0.4, 0.5) is 0 Å². The summed E-state index contributed by atoms with van der Waals surface area (Å²) in [7, 11) is 0. The fourth-order valence-corrected chi connectivity index (χ4v) is 2.16. The van der Waals surface area contributed by atoms with Gasteiger partial charge in [-0.3, -0.25) is 4.79 Å². The maximum Gasteiger partial charge on any atom is 0.271 e. The molecule has 6 heteroatoms. The van der Waals surface area contributed by atoms with Crippen molar-refractivity contribution in [3.63, 3.8) is 0 Å². The molecule has 3 aromatic carbocycles. The van der Waals surface area contributed by atoms with Gasteiger partial charge in [-0.1, -0.05) is 18.2 Å². The van der Waals surface area contributed by atoms with Crippen LogP contribution >= 0.6 is 0 Å². The lowest BCUT2D eigenvalue weighted by Gasteiger charge is -2.07. The van der Waals surface area contributed by atoms with Crippen molar-refractivity contribution >= 4 is 12.1 Å². The number of rotatable bonds is 5. The third-order valence-corrected chi connectivity index (χ3v) is 3.46. The molecule has 0 aliphatic carbocycles. The van der Waals surface area contributed by atoms with E-state index in [-0.39, 0.29) is 11.5 Å². The molecule has 26 heavy (non-hydrogen) atoms. The van der Waals surface area contributed by atoms with E-state index in [1.807, 2.05) is 18.2 Å². The smallest absolute Gasteiger partial charge is 0.271 e. The van der Waals surface area contributed by atoms with Gasteiger partial charge in [0.1, 0.15) is 11.5 Å². The van der Waals surface area contributed by atoms with Gasteiger partial charge in [0.05, 0.1) is 6.21 Å². The first kappa shape index (κ1) is 17.0. The molecule has 0 aliphatic heterocycles. The molecule has 3 N–H and O–H groups in total. The standard InChI is InChI=1S/C20H16N2O4/c23-16-9-7-15(8-10-16)20(25)22-21-13-14-6-11-19(18(24)12-14)26-17-4-2-1-3-5-17/h1-13,23-24H,(H,22,25)/b21-13+. The van der Waals surface area contributed by atoms with Crippen molar-refractivity contribution in [1.29, 1.82) is 0 Å². The monoisotopic (exact) mass is 348 g/mol. The number of hydrazone groups is 1. The Labute approximate surface area is 150 Å². The average Bonchev–Trinajstić information content (AvgIpc) is 2.65. The summed E-state index contributed by atoms with van der Waals surface area (Å²) in [6.45, 7) is 0. The molecule has 0 fully saturated rings. The Hall–Kier alpha value is -3.80. The Morgan fingerprint density at radius 2 is 1.69 bits per heavy atom. The molecule has 0 heterocycles. The molecule has 0 aliphatic rings. The largest absolute Gasteiger partial charge is 0.508 e. The van der Waals surface area contributed by atoms with E-state index in [1.165, 1.54) is 36.5 Å². The topological polar surface area (TPSA) is 91.2 Å². The van der Waals surface area contributed by atoms with E-state index in [9.17, 15) is 15.0 Å². The molecule has 0 bridgehead atoms. The number of nitrogens with zero attached hydrogens (tertiary/aromatic N) is 1. The highest BCUT2D eigenvalue weighted by molar-refractivity contribution is 5.95. The zero-order valence-electron chi connectivity index (χ0n) is 13.7. The minimum Gasteiger partial charge on any atom is -0.508 e. The van der Waals surface area contributed by atoms with E-state index in [1.54, 1.807) is 24.3 Å². The fraction of sp³-hybridized carbons (Fsp3) is 0. The van der Waals surface area contributed by atoms with Gasteiger partial charge in [0.25, 0.3) is 5.91 Å². The third-order valence-electron chi connectivity index (χ3n) is 3.46. The average molecular weight is 348 g/mol. The molecule has 0 saturated carbocycles. The zero-order chi connectivity index (χ0) is 18.4. The number of nitrogens with one attached hydrogen (secondary N) is 1. The Kier molecular flexibility index (Phi) is 5.14. The SMILES string of the molecule is O=C(N/N=C/c1ccc(Oc2ccccc2)c(O)c1)c1ccc(O)cc1. The molecule has 0 saturated heterocycles. The van der Waals surface area contributed by atoms with Gasteiger partial charge in [0.2, 0.25) is 0 Å². The quantitative estimate of drug-likeness (QED) is 0.485. The van der Waals surface area contributed by atoms with Gasteiger partial charge in [-0.25, -0.2) is 5.43 Å². The first-order valence-corrected chi connectivity index (χ1v) is 7.80. The summed E-state index contributed by atoms with van der Waals surface area (Å²) >= 11 is 0. The number of phenols is 2. The lowest BCUT2D eigenvalue weighted by Crippen LogP contribution is -2.17. The van der Waals surface area contributed by atoms with Crippen molar-refractivity contribution < 1.29 is 19.7 Å².